The number of fused-ring (bicyclic) bond motifs is 1. The van der Waals surface area contributed by atoms with Crippen molar-refractivity contribution in [1.29, 1.82) is 0 Å². The van der Waals surface area contributed by atoms with E-state index < -0.39 is 0 Å². The number of ether oxygens (including phenoxy) is 3. The maximum atomic E-state index is 13.4. The zero-order valence-corrected chi connectivity index (χ0v) is 20.8. The van der Waals surface area contributed by atoms with Crippen LogP contribution in [0.3, 0.4) is 0 Å². The number of carbonyl (C=O) groups is 2. The minimum Gasteiger partial charge on any atom is -0.494 e. The molecule has 1 aliphatic heterocycles. The third-order valence-electron chi connectivity index (χ3n) is 6.88. The highest BCUT2D eigenvalue weighted by Crippen LogP contribution is 2.38. The van der Waals surface area contributed by atoms with Crippen molar-refractivity contribution in [2.45, 2.75) is 45.1 Å². The zero-order valence-electron chi connectivity index (χ0n) is 20.8. The predicted octanol–water partition coefficient (Wildman–Crippen LogP) is 4.54. The molecule has 4 rings (SSSR count). The van der Waals surface area contributed by atoms with Crippen LogP contribution >= 0.6 is 0 Å². The van der Waals surface area contributed by atoms with Gasteiger partial charge in [0.05, 0.1) is 26.9 Å². The van der Waals surface area contributed by atoms with Crippen LogP contribution in [-0.4, -0.2) is 50.8 Å². The van der Waals surface area contributed by atoms with Crippen molar-refractivity contribution >= 4 is 17.6 Å². The van der Waals surface area contributed by atoms with E-state index in [9.17, 15) is 9.59 Å². The van der Waals surface area contributed by atoms with Crippen LogP contribution in [0.1, 0.15) is 49.8 Å². The minimum absolute atomic E-state index is 0.0644. The topological polar surface area (TPSA) is 89.1 Å². The summed E-state index contributed by atoms with van der Waals surface area (Å²) in [5, 5.41) is 6.12. The average Bonchev–Trinajstić information content (AvgIpc) is 3.42. The van der Waals surface area contributed by atoms with Gasteiger partial charge in [-0.15, -0.1) is 0 Å². The quantitative estimate of drug-likeness (QED) is 0.578. The van der Waals surface area contributed by atoms with Gasteiger partial charge in [-0.3, -0.25) is 4.79 Å². The van der Waals surface area contributed by atoms with Crippen molar-refractivity contribution < 1.29 is 23.8 Å². The van der Waals surface area contributed by atoms with Gasteiger partial charge in [0, 0.05) is 24.7 Å². The van der Waals surface area contributed by atoms with Crippen LogP contribution in [0.25, 0.3) is 0 Å². The maximum absolute atomic E-state index is 13.4. The van der Waals surface area contributed by atoms with Crippen molar-refractivity contribution in [2.24, 2.45) is 5.92 Å². The van der Waals surface area contributed by atoms with Crippen molar-refractivity contribution in [3.05, 3.63) is 47.5 Å². The summed E-state index contributed by atoms with van der Waals surface area (Å²) in [6, 6.07) is 10.7. The number of carbonyl (C=O) groups excluding carboxylic acids is 2. The van der Waals surface area contributed by atoms with E-state index in [-0.39, 0.29) is 23.9 Å². The number of rotatable bonds is 8. The van der Waals surface area contributed by atoms with Gasteiger partial charge < -0.3 is 29.7 Å². The highest BCUT2D eigenvalue weighted by Gasteiger charge is 2.33. The largest absolute Gasteiger partial charge is 0.494 e. The molecule has 0 aromatic heterocycles. The summed E-state index contributed by atoms with van der Waals surface area (Å²) < 4.78 is 16.5. The van der Waals surface area contributed by atoms with E-state index >= 15 is 0 Å². The summed E-state index contributed by atoms with van der Waals surface area (Å²) in [6.07, 6.45) is 4.73. The van der Waals surface area contributed by atoms with E-state index in [1.54, 1.807) is 19.1 Å². The number of anilines is 1. The molecule has 0 spiro atoms. The van der Waals surface area contributed by atoms with Crippen molar-refractivity contribution in [3.63, 3.8) is 0 Å². The first-order chi connectivity index (χ1) is 17.0. The summed E-state index contributed by atoms with van der Waals surface area (Å²) >= 11 is 0. The molecular weight excluding hydrogens is 446 g/mol. The molecule has 0 bridgehead atoms. The fraction of sp³-hybridized carbons (Fsp3) is 0.481. The number of hydrogen-bond acceptors (Lipinski definition) is 5. The summed E-state index contributed by atoms with van der Waals surface area (Å²) in [5.41, 5.74) is 2.74. The standard InChI is InChI=1S/C27H35N3O5/c1-4-35-21-11-9-20(10-12-21)29-27(32)30-14-13-19-15-24(33-2)25(34-3)16-22(19)23(30)17-28-26(31)18-7-5-6-8-18/h9-12,15-16,18,23H,4-8,13-14,17H2,1-3H3,(H,28,31)(H,29,32)/t23-/m0/s1. The summed E-state index contributed by atoms with van der Waals surface area (Å²) in [6.45, 7) is 3.38. The predicted molar refractivity (Wildman–Crippen MR) is 134 cm³/mol. The van der Waals surface area contributed by atoms with E-state index in [0.717, 1.165) is 42.6 Å². The summed E-state index contributed by atoms with van der Waals surface area (Å²) in [5.74, 6) is 2.15. The minimum atomic E-state index is -0.327. The SMILES string of the molecule is CCOc1ccc(NC(=O)N2CCc3cc(OC)c(OC)cc3[C@@H]2CNC(=O)C2CCCC2)cc1. The molecule has 35 heavy (non-hydrogen) atoms. The Hall–Kier alpha value is -3.42. The van der Waals surface area contributed by atoms with Gasteiger partial charge in [0.1, 0.15) is 5.75 Å². The van der Waals surface area contributed by atoms with Crippen LogP contribution in [0.2, 0.25) is 0 Å². The fourth-order valence-electron chi connectivity index (χ4n) is 5.02. The molecular formula is C27H35N3O5. The number of nitrogens with zero attached hydrogens (tertiary/aromatic N) is 1. The van der Waals surface area contributed by atoms with E-state index in [4.69, 9.17) is 14.2 Å². The lowest BCUT2D eigenvalue weighted by atomic mass is 9.91. The molecule has 1 fully saturated rings. The van der Waals surface area contributed by atoms with Crippen LogP contribution in [0.5, 0.6) is 17.2 Å². The third-order valence-corrected chi connectivity index (χ3v) is 6.88. The van der Waals surface area contributed by atoms with Gasteiger partial charge in [0.25, 0.3) is 0 Å². The van der Waals surface area contributed by atoms with Gasteiger partial charge in [-0.05, 0) is 73.7 Å². The molecule has 2 N–H and O–H groups in total. The monoisotopic (exact) mass is 481 g/mol. The Balaban J connectivity index is 1.56. The Morgan fingerprint density at radius 2 is 1.71 bits per heavy atom. The van der Waals surface area contributed by atoms with Gasteiger partial charge in [-0.1, -0.05) is 12.8 Å². The van der Waals surface area contributed by atoms with E-state index in [1.807, 2.05) is 43.3 Å². The van der Waals surface area contributed by atoms with Crippen LogP contribution in [-0.2, 0) is 11.2 Å². The first-order valence-corrected chi connectivity index (χ1v) is 12.4. The number of hydrogen-bond donors (Lipinski definition) is 2. The molecule has 0 unspecified atom stereocenters. The number of amides is 3. The van der Waals surface area contributed by atoms with Gasteiger partial charge in [-0.2, -0.15) is 0 Å². The first kappa shape index (κ1) is 24.7. The average molecular weight is 482 g/mol. The Labute approximate surface area is 206 Å². The Morgan fingerprint density at radius 3 is 2.37 bits per heavy atom. The molecule has 1 aliphatic carbocycles. The van der Waals surface area contributed by atoms with E-state index in [2.05, 4.69) is 10.6 Å². The maximum Gasteiger partial charge on any atom is 0.322 e. The van der Waals surface area contributed by atoms with Crippen molar-refractivity contribution in [1.82, 2.24) is 10.2 Å². The molecule has 2 aliphatic rings. The summed E-state index contributed by atoms with van der Waals surface area (Å²) in [7, 11) is 3.21. The van der Waals surface area contributed by atoms with Crippen molar-refractivity contribution in [2.75, 3.05) is 39.2 Å². The van der Waals surface area contributed by atoms with Crippen LogP contribution in [0, 0.1) is 5.92 Å². The van der Waals surface area contributed by atoms with Gasteiger partial charge in [0.2, 0.25) is 5.91 Å². The zero-order chi connectivity index (χ0) is 24.8. The van der Waals surface area contributed by atoms with Crippen LogP contribution in [0.4, 0.5) is 10.5 Å². The number of nitrogens with one attached hydrogen (secondary N) is 2. The molecule has 2 aromatic carbocycles. The van der Waals surface area contributed by atoms with E-state index in [1.165, 1.54) is 0 Å². The Morgan fingerprint density at radius 1 is 1.03 bits per heavy atom. The highest BCUT2D eigenvalue weighted by atomic mass is 16.5. The highest BCUT2D eigenvalue weighted by molar-refractivity contribution is 5.90. The summed E-state index contributed by atoms with van der Waals surface area (Å²) in [4.78, 5) is 28.0. The molecule has 0 radical (unpaired) electrons. The fourth-order valence-corrected chi connectivity index (χ4v) is 5.02. The second kappa shape index (κ2) is 11.3. The lowest BCUT2D eigenvalue weighted by Crippen LogP contribution is -2.47. The Bertz CT molecular complexity index is 1030. The molecule has 0 saturated heterocycles. The molecule has 188 valence electrons. The van der Waals surface area contributed by atoms with Gasteiger partial charge >= 0.3 is 6.03 Å². The van der Waals surface area contributed by atoms with Crippen molar-refractivity contribution in [3.8, 4) is 17.2 Å². The number of urea groups is 1. The molecule has 8 nitrogen and oxygen atoms in total. The molecule has 1 saturated carbocycles. The first-order valence-electron chi connectivity index (χ1n) is 12.4. The lowest BCUT2D eigenvalue weighted by Gasteiger charge is -2.38. The smallest absolute Gasteiger partial charge is 0.322 e. The molecule has 3 amide bonds. The van der Waals surface area contributed by atoms with Gasteiger partial charge in [0.15, 0.2) is 11.5 Å². The third kappa shape index (κ3) is 5.63. The molecule has 2 aromatic rings. The number of benzene rings is 2. The van der Waals surface area contributed by atoms with Crippen LogP contribution < -0.4 is 24.8 Å². The molecule has 1 atom stereocenters. The molecule has 1 heterocycles. The second-order valence-corrected chi connectivity index (χ2v) is 8.98. The van der Waals surface area contributed by atoms with Gasteiger partial charge in [-0.25, -0.2) is 4.79 Å². The Kier molecular flexibility index (Phi) is 8.00. The second-order valence-electron chi connectivity index (χ2n) is 8.98. The van der Waals surface area contributed by atoms with Crippen LogP contribution in [0.15, 0.2) is 36.4 Å². The molecule has 8 heteroatoms. The lowest BCUT2D eigenvalue weighted by molar-refractivity contribution is -0.125. The van der Waals surface area contributed by atoms with E-state index in [0.29, 0.717) is 43.3 Å². The number of methoxy groups -OCH3 is 2. The normalized spacial score (nSPS) is 17.5.